The molecule has 2 amide bonds. The Bertz CT molecular complexity index is 1500. The average molecular weight is 641 g/mol. The summed E-state index contributed by atoms with van der Waals surface area (Å²) in [5.41, 5.74) is 0.388. The number of carbonyl (C=O) groups excluding carboxylic acids is 2. The summed E-state index contributed by atoms with van der Waals surface area (Å²) >= 11 is 18.8. The number of nitrogens with one attached hydrogen (secondary N) is 1. The molecule has 1 fully saturated rings. The Balaban J connectivity index is 1.73. The second-order valence-electron chi connectivity index (χ2n) is 9.81. The summed E-state index contributed by atoms with van der Waals surface area (Å²) in [6, 6.07) is 14.8. The van der Waals surface area contributed by atoms with E-state index in [1.54, 1.807) is 43.3 Å². The smallest absolute Gasteiger partial charge is 0.264 e. The lowest BCUT2D eigenvalue weighted by molar-refractivity contribution is -0.139. The van der Waals surface area contributed by atoms with Crippen molar-refractivity contribution in [2.24, 2.45) is 0 Å². The van der Waals surface area contributed by atoms with Crippen LogP contribution in [-0.4, -0.2) is 43.8 Å². The third-order valence-electron chi connectivity index (χ3n) is 7.06. The minimum atomic E-state index is -4.31. The van der Waals surface area contributed by atoms with Crippen LogP contribution in [0.25, 0.3) is 0 Å². The molecule has 218 valence electrons. The number of benzene rings is 3. The molecule has 7 nitrogen and oxygen atoms in total. The van der Waals surface area contributed by atoms with Crippen LogP contribution >= 0.6 is 34.8 Å². The Kier molecular flexibility index (Phi) is 10.2. The van der Waals surface area contributed by atoms with Crippen LogP contribution in [0.4, 0.5) is 10.1 Å². The van der Waals surface area contributed by atoms with Crippen molar-refractivity contribution in [1.82, 2.24) is 10.2 Å². The summed E-state index contributed by atoms with van der Waals surface area (Å²) in [7, 11) is -4.31. The average Bonchev–Trinajstić information content (AvgIpc) is 3.46. The first kappa shape index (κ1) is 31.1. The summed E-state index contributed by atoms with van der Waals surface area (Å²) < 4.78 is 42.4. The minimum absolute atomic E-state index is 0.00196. The van der Waals surface area contributed by atoms with Crippen molar-refractivity contribution in [3.05, 3.63) is 93.2 Å². The Hall–Kier alpha value is -2.85. The predicted molar refractivity (Wildman–Crippen MR) is 159 cm³/mol. The normalized spacial score (nSPS) is 14.5. The van der Waals surface area contributed by atoms with Gasteiger partial charge in [-0.1, -0.05) is 71.9 Å². The van der Waals surface area contributed by atoms with Crippen LogP contribution in [0.1, 0.15) is 38.2 Å². The molecule has 0 radical (unpaired) electrons. The number of rotatable bonds is 10. The van der Waals surface area contributed by atoms with E-state index in [1.165, 1.54) is 23.1 Å². The molecule has 3 aromatic rings. The molecule has 0 unspecified atom stereocenters. The molecule has 1 aliphatic rings. The van der Waals surface area contributed by atoms with Gasteiger partial charge in [0.2, 0.25) is 11.8 Å². The lowest BCUT2D eigenvalue weighted by Gasteiger charge is -2.33. The Morgan fingerprint density at radius 2 is 1.59 bits per heavy atom. The van der Waals surface area contributed by atoms with Crippen molar-refractivity contribution in [1.29, 1.82) is 0 Å². The van der Waals surface area contributed by atoms with E-state index in [-0.39, 0.29) is 44.1 Å². The summed E-state index contributed by atoms with van der Waals surface area (Å²) in [5, 5.41) is 3.26. The highest BCUT2D eigenvalue weighted by molar-refractivity contribution is 7.92. The fourth-order valence-electron chi connectivity index (χ4n) is 4.72. The summed E-state index contributed by atoms with van der Waals surface area (Å²) in [5.74, 6) is -1.82. The van der Waals surface area contributed by atoms with Gasteiger partial charge in [0.25, 0.3) is 10.0 Å². The molecule has 41 heavy (non-hydrogen) atoms. The van der Waals surface area contributed by atoms with Gasteiger partial charge >= 0.3 is 0 Å². The summed E-state index contributed by atoms with van der Waals surface area (Å²) in [6.07, 6.45) is 3.70. The molecule has 0 saturated heterocycles. The van der Waals surface area contributed by atoms with Gasteiger partial charge in [-0.2, -0.15) is 0 Å². The SMILES string of the molecule is C[C@@H](C(=O)NC1CCCC1)N(Cc1c(Cl)cccc1Cl)C(=O)CN(c1ccc(F)c(Cl)c1)S(=O)(=O)c1ccccc1. The van der Waals surface area contributed by atoms with Crippen LogP contribution in [0.2, 0.25) is 15.1 Å². The van der Waals surface area contributed by atoms with Gasteiger partial charge in [-0.3, -0.25) is 13.9 Å². The van der Waals surface area contributed by atoms with E-state index in [2.05, 4.69) is 5.32 Å². The van der Waals surface area contributed by atoms with E-state index in [0.717, 1.165) is 42.1 Å². The largest absolute Gasteiger partial charge is 0.352 e. The van der Waals surface area contributed by atoms with E-state index < -0.39 is 34.3 Å². The number of hydrogen-bond acceptors (Lipinski definition) is 4. The fourth-order valence-corrected chi connectivity index (χ4v) is 6.84. The van der Waals surface area contributed by atoms with Gasteiger partial charge in [-0.25, -0.2) is 12.8 Å². The van der Waals surface area contributed by atoms with Crippen molar-refractivity contribution >= 4 is 62.3 Å². The van der Waals surface area contributed by atoms with E-state index in [0.29, 0.717) is 5.56 Å². The molecule has 12 heteroatoms. The van der Waals surface area contributed by atoms with Crippen LogP contribution in [0.5, 0.6) is 0 Å². The number of hydrogen-bond donors (Lipinski definition) is 1. The first-order chi connectivity index (χ1) is 19.5. The van der Waals surface area contributed by atoms with Gasteiger partial charge in [0, 0.05) is 28.2 Å². The molecular weight excluding hydrogens is 612 g/mol. The maximum Gasteiger partial charge on any atom is 0.264 e. The number of anilines is 1. The van der Waals surface area contributed by atoms with Crippen LogP contribution in [-0.2, 0) is 26.2 Å². The third kappa shape index (κ3) is 7.33. The minimum Gasteiger partial charge on any atom is -0.352 e. The molecule has 1 aliphatic carbocycles. The van der Waals surface area contributed by atoms with Crippen LogP contribution in [0.3, 0.4) is 0 Å². The summed E-state index contributed by atoms with van der Waals surface area (Å²) in [4.78, 5) is 28.5. The predicted octanol–water partition coefficient (Wildman–Crippen LogP) is 6.46. The van der Waals surface area contributed by atoms with E-state index in [1.807, 2.05) is 0 Å². The number of carbonyl (C=O) groups is 2. The zero-order chi connectivity index (χ0) is 29.7. The molecule has 1 atom stereocenters. The second kappa shape index (κ2) is 13.4. The highest BCUT2D eigenvalue weighted by Gasteiger charge is 2.34. The summed E-state index contributed by atoms with van der Waals surface area (Å²) in [6.45, 7) is 0.708. The topological polar surface area (TPSA) is 86.8 Å². The monoisotopic (exact) mass is 639 g/mol. The van der Waals surface area contributed by atoms with Crippen molar-refractivity contribution in [3.63, 3.8) is 0 Å². The molecule has 1 N–H and O–H groups in total. The van der Waals surface area contributed by atoms with Crippen molar-refractivity contribution in [2.75, 3.05) is 10.8 Å². The van der Waals surface area contributed by atoms with E-state index >= 15 is 0 Å². The zero-order valence-corrected chi connectivity index (χ0v) is 25.3. The Morgan fingerprint density at radius 1 is 0.951 bits per heavy atom. The highest BCUT2D eigenvalue weighted by atomic mass is 35.5. The highest BCUT2D eigenvalue weighted by Crippen LogP contribution is 2.30. The van der Waals surface area contributed by atoms with E-state index in [4.69, 9.17) is 34.8 Å². The lowest BCUT2D eigenvalue weighted by Crippen LogP contribution is -2.52. The zero-order valence-electron chi connectivity index (χ0n) is 22.2. The maximum atomic E-state index is 14.0. The third-order valence-corrected chi connectivity index (χ3v) is 9.85. The van der Waals surface area contributed by atoms with Crippen molar-refractivity contribution < 1.29 is 22.4 Å². The first-order valence-corrected chi connectivity index (χ1v) is 15.6. The molecule has 0 aliphatic heterocycles. The number of halogens is 4. The molecule has 0 bridgehead atoms. The van der Waals surface area contributed by atoms with Crippen LogP contribution < -0.4 is 9.62 Å². The van der Waals surface area contributed by atoms with E-state index in [9.17, 15) is 22.4 Å². The van der Waals surface area contributed by atoms with Gasteiger partial charge in [0.1, 0.15) is 18.4 Å². The standard InChI is InChI=1S/C29H29Cl3FN3O4S/c1-19(29(38)34-20-8-5-6-9-20)35(17-23-24(30)12-7-13-25(23)31)28(37)18-36(21-14-15-27(33)26(32)16-21)41(39,40)22-10-3-2-4-11-22/h2-4,7,10-16,19-20H,5-6,8-9,17-18H2,1H3,(H,34,38)/t19-/m0/s1. The molecule has 0 spiro atoms. The molecule has 0 heterocycles. The lowest BCUT2D eigenvalue weighted by atomic mass is 10.1. The van der Waals surface area contributed by atoms with Gasteiger partial charge in [-0.15, -0.1) is 0 Å². The molecule has 0 aromatic heterocycles. The quantitative estimate of drug-likeness (QED) is 0.276. The Morgan fingerprint density at radius 3 is 2.20 bits per heavy atom. The molecule has 4 rings (SSSR count). The van der Waals surface area contributed by atoms with Gasteiger partial charge in [0.15, 0.2) is 0 Å². The van der Waals surface area contributed by atoms with Crippen molar-refractivity contribution in [2.45, 2.75) is 56.1 Å². The Labute approximate surface area is 254 Å². The number of nitrogens with zero attached hydrogens (tertiary/aromatic N) is 2. The van der Waals surface area contributed by atoms with Gasteiger partial charge < -0.3 is 10.2 Å². The fraction of sp³-hybridized carbons (Fsp3) is 0.310. The van der Waals surface area contributed by atoms with Gasteiger partial charge in [-0.05, 0) is 62.2 Å². The van der Waals surface area contributed by atoms with Crippen molar-refractivity contribution in [3.8, 4) is 0 Å². The molecule has 1 saturated carbocycles. The second-order valence-corrected chi connectivity index (χ2v) is 12.9. The van der Waals surface area contributed by atoms with Gasteiger partial charge in [0.05, 0.1) is 15.6 Å². The maximum absolute atomic E-state index is 14.0. The van der Waals surface area contributed by atoms with Crippen LogP contribution in [0, 0.1) is 5.82 Å². The number of amides is 2. The van der Waals surface area contributed by atoms with Crippen LogP contribution in [0.15, 0.2) is 71.6 Å². The molecular formula is C29H29Cl3FN3O4S. The number of sulfonamides is 1. The molecule has 3 aromatic carbocycles. The first-order valence-electron chi connectivity index (χ1n) is 13.0.